The minimum absolute atomic E-state index is 0.323. The second kappa shape index (κ2) is 7.24. The standard InChI is InChI=1S/C18H29NO/c1-4-6-8-13-16-17(19(16)14(3)5-2)18(20)15-11-9-7-10-12-15/h7,9-12,14,16-18,20H,4-6,8,13H2,1-3H3/t14?,16-,17+,18-,19?/m1/s1. The van der Waals surface area contributed by atoms with Crippen LogP contribution in [0, 0.1) is 0 Å². The molecule has 0 aliphatic carbocycles. The van der Waals surface area contributed by atoms with E-state index in [2.05, 4.69) is 25.7 Å². The minimum Gasteiger partial charge on any atom is -0.387 e. The van der Waals surface area contributed by atoms with Crippen LogP contribution in [0.1, 0.15) is 64.5 Å². The average Bonchev–Trinajstić information content (AvgIpc) is 3.21. The molecule has 1 aromatic carbocycles. The predicted molar refractivity (Wildman–Crippen MR) is 84.7 cm³/mol. The molecule has 1 aromatic rings. The van der Waals surface area contributed by atoms with Crippen LogP contribution < -0.4 is 0 Å². The Balaban J connectivity index is 2.00. The summed E-state index contributed by atoms with van der Waals surface area (Å²) in [5.74, 6) is 0. The summed E-state index contributed by atoms with van der Waals surface area (Å²) in [5.41, 5.74) is 1.06. The molecular weight excluding hydrogens is 246 g/mol. The highest BCUT2D eigenvalue weighted by Gasteiger charge is 2.52. The van der Waals surface area contributed by atoms with Crippen LogP contribution in [0.3, 0.4) is 0 Å². The molecule has 1 fully saturated rings. The second-order valence-corrected chi connectivity index (χ2v) is 6.11. The van der Waals surface area contributed by atoms with E-state index in [-0.39, 0.29) is 6.10 Å². The molecule has 0 bridgehead atoms. The Morgan fingerprint density at radius 3 is 2.45 bits per heavy atom. The molecule has 1 aliphatic heterocycles. The third-order valence-corrected chi connectivity index (χ3v) is 4.70. The Morgan fingerprint density at radius 2 is 1.85 bits per heavy atom. The Hall–Kier alpha value is -0.860. The molecule has 0 radical (unpaired) electrons. The van der Waals surface area contributed by atoms with Crippen molar-refractivity contribution in [3.8, 4) is 0 Å². The van der Waals surface area contributed by atoms with E-state index >= 15 is 0 Å². The van der Waals surface area contributed by atoms with Crippen molar-refractivity contribution >= 4 is 0 Å². The average molecular weight is 275 g/mol. The first-order valence-corrected chi connectivity index (χ1v) is 8.21. The summed E-state index contributed by atoms with van der Waals surface area (Å²) in [6.45, 7) is 6.76. The summed E-state index contributed by atoms with van der Waals surface area (Å²) in [6.07, 6.45) is 5.90. The fourth-order valence-corrected chi connectivity index (χ4v) is 3.30. The van der Waals surface area contributed by atoms with Crippen LogP contribution >= 0.6 is 0 Å². The summed E-state index contributed by atoms with van der Waals surface area (Å²) in [6, 6.07) is 11.6. The largest absolute Gasteiger partial charge is 0.387 e. The number of aliphatic hydroxyl groups is 1. The zero-order valence-corrected chi connectivity index (χ0v) is 13.1. The van der Waals surface area contributed by atoms with E-state index in [4.69, 9.17) is 0 Å². The highest BCUT2D eigenvalue weighted by molar-refractivity contribution is 5.23. The van der Waals surface area contributed by atoms with Crippen LogP contribution in [0.4, 0.5) is 0 Å². The maximum absolute atomic E-state index is 10.7. The van der Waals surface area contributed by atoms with Crippen LogP contribution in [0.2, 0.25) is 0 Å². The van der Waals surface area contributed by atoms with E-state index < -0.39 is 0 Å². The topological polar surface area (TPSA) is 23.2 Å². The van der Waals surface area contributed by atoms with Gasteiger partial charge in [-0.25, -0.2) is 0 Å². The van der Waals surface area contributed by atoms with Crippen molar-refractivity contribution in [3.63, 3.8) is 0 Å². The van der Waals surface area contributed by atoms with E-state index in [1.807, 2.05) is 30.3 Å². The lowest BCUT2D eigenvalue weighted by Gasteiger charge is -2.15. The lowest BCUT2D eigenvalue weighted by Crippen LogP contribution is -2.19. The molecule has 0 amide bonds. The van der Waals surface area contributed by atoms with Gasteiger partial charge in [0.25, 0.3) is 0 Å². The van der Waals surface area contributed by atoms with E-state index in [0.29, 0.717) is 18.1 Å². The van der Waals surface area contributed by atoms with E-state index in [1.54, 1.807) is 0 Å². The van der Waals surface area contributed by atoms with Crippen molar-refractivity contribution in [1.82, 2.24) is 4.90 Å². The van der Waals surface area contributed by atoms with E-state index in [9.17, 15) is 5.11 Å². The van der Waals surface area contributed by atoms with Gasteiger partial charge in [0.15, 0.2) is 0 Å². The molecule has 1 saturated heterocycles. The molecule has 2 unspecified atom stereocenters. The van der Waals surface area contributed by atoms with Crippen molar-refractivity contribution in [2.45, 2.75) is 77.1 Å². The van der Waals surface area contributed by atoms with Gasteiger partial charge in [0, 0.05) is 12.1 Å². The van der Waals surface area contributed by atoms with Gasteiger partial charge in [0.2, 0.25) is 0 Å². The van der Waals surface area contributed by atoms with Crippen molar-refractivity contribution in [2.75, 3.05) is 0 Å². The van der Waals surface area contributed by atoms with Crippen molar-refractivity contribution in [3.05, 3.63) is 35.9 Å². The summed E-state index contributed by atoms with van der Waals surface area (Å²) in [7, 11) is 0. The molecule has 2 nitrogen and oxygen atoms in total. The molecule has 5 atom stereocenters. The van der Waals surface area contributed by atoms with Gasteiger partial charge in [-0.3, -0.25) is 4.90 Å². The van der Waals surface area contributed by atoms with Crippen molar-refractivity contribution in [1.29, 1.82) is 0 Å². The molecule has 1 heterocycles. The normalized spacial score (nSPS) is 28.1. The zero-order chi connectivity index (χ0) is 14.5. The monoisotopic (exact) mass is 275 g/mol. The Kier molecular flexibility index (Phi) is 5.62. The summed E-state index contributed by atoms with van der Waals surface area (Å²) >= 11 is 0. The first-order chi connectivity index (χ1) is 9.70. The number of unbranched alkanes of at least 4 members (excludes halogenated alkanes) is 2. The van der Waals surface area contributed by atoms with Crippen LogP contribution in [0.25, 0.3) is 0 Å². The van der Waals surface area contributed by atoms with Crippen molar-refractivity contribution < 1.29 is 5.11 Å². The van der Waals surface area contributed by atoms with Crippen LogP contribution in [0.5, 0.6) is 0 Å². The van der Waals surface area contributed by atoms with Gasteiger partial charge in [-0.1, -0.05) is 63.4 Å². The maximum Gasteiger partial charge on any atom is 0.0960 e. The number of benzene rings is 1. The number of hydrogen-bond donors (Lipinski definition) is 1. The van der Waals surface area contributed by atoms with Gasteiger partial charge < -0.3 is 5.11 Å². The summed E-state index contributed by atoms with van der Waals surface area (Å²) < 4.78 is 0. The van der Waals surface area contributed by atoms with Crippen molar-refractivity contribution in [2.24, 2.45) is 0 Å². The second-order valence-electron chi connectivity index (χ2n) is 6.11. The highest BCUT2D eigenvalue weighted by atomic mass is 16.3. The van der Waals surface area contributed by atoms with Crippen LogP contribution in [-0.2, 0) is 0 Å². The lowest BCUT2D eigenvalue weighted by molar-refractivity contribution is 0.150. The van der Waals surface area contributed by atoms with E-state index in [1.165, 1.54) is 25.7 Å². The fourth-order valence-electron chi connectivity index (χ4n) is 3.30. The summed E-state index contributed by atoms with van der Waals surface area (Å²) in [5, 5.41) is 10.7. The number of rotatable bonds is 8. The predicted octanol–water partition coefficient (Wildman–Crippen LogP) is 4.15. The van der Waals surface area contributed by atoms with Gasteiger partial charge in [-0.15, -0.1) is 0 Å². The smallest absolute Gasteiger partial charge is 0.0960 e. The van der Waals surface area contributed by atoms with Gasteiger partial charge in [0.05, 0.1) is 12.1 Å². The molecule has 0 spiro atoms. The highest BCUT2D eigenvalue weighted by Crippen LogP contribution is 2.43. The Morgan fingerprint density at radius 1 is 1.15 bits per heavy atom. The Bertz CT molecular complexity index is 392. The fraction of sp³-hybridized carbons (Fsp3) is 0.667. The molecule has 0 saturated carbocycles. The molecule has 1 aliphatic rings. The quantitative estimate of drug-likeness (QED) is 0.569. The molecule has 1 N–H and O–H groups in total. The molecule has 20 heavy (non-hydrogen) atoms. The third-order valence-electron chi connectivity index (χ3n) is 4.70. The Labute approximate surface area is 123 Å². The molecule has 0 aromatic heterocycles. The molecule has 112 valence electrons. The van der Waals surface area contributed by atoms with Crippen LogP contribution in [0.15, 0.2) is 30.3 Å². The lowest BCUT2D eigenvalue weighted by atomic mass is 10.0. The summed E-state index contributed by atoms with van der Waals surface area (Å²) in [4.78, 5) is 2.52. The maximum atomic E-state index is 10.7. The number of hydrogen-bond acceptors (Lipinski definition) is 2. The van der Waals surface area contributed by atoms with Gasteiger partial charge >= 0.3 is 0 Å². The first kappa shape index (κ1) is 15.5. The van der Waals surface area contributed by atoms with Crippen LogP contribution in [-0.4, -0.2) is 28.1 Å². The van der Waals surface area contributed by atoms with Gasteiger partial charge in [-0.2, -0.15) is 0 Å². The number of nitrogens with zero attached hydrogens (tertiary/aromatic N) is 1. The zero-order valence-electron chi connectivity index (χ0n) is 13.1. The van der Waals surface area contributed by atoms with Gasteiger partial charge in [-0.05, 0) is 25.3 Å². The SMILES string of the molecule is CCCCC[C@@H]1[C@@H]([C@H](O)c2ccccc2)N1C(C)CC. The third kappa shape index (κ3) is 3.42. The molecule has 2 rings (SSSR count). The molecule has 2 heteroatoms. The number of aliphatic hydroxyl groups excluding tert-OH is 1. The van der Waals surface area contributed by atoms with E-state index in [0.717, 1.165) is 12.0 Å². The molecular formula is C18H29NO. The first-order valence-electron chi connectivity index (χ1n) is 8.21. The minimum atomic E-state index is -0.336. The van der Waals surface area contributed by atoms with Gasteiger partial charge in [0.1, 0.15) is 0 Å².